The van der Waals surface area contributed by atoms with Crippen molar-refractivity contribution in [3.63, 3.8) is 0 Å². The second-order valence-electron chi connectivity index (χ2n) is 4.33. The molecular formula is C12H17NO. The van der Waals surface area contributed by atoms with Crippen LogP contribution in [-0.2, 0) is 10.3 Å². The third-order valence-electron chi connectivity index (χ3n) is 3.31. The molecular weight excluding hydrogens is 174 g/mol. The Balaban J connectivity index is 2.49. The number of ether oxygens (including phenoxy) is 1. The average molecular weight is 191 g/mol. The number of rotatable bonds is 1. The lowest BCUT2D eigenvalue weighted by molar-refractivity contribution is -0.0572. The summed E-state index contributed by atoms with van der Waals surface area (Å²) in [5.41, 5.74) is 11.2. The van der Waals surface area contributed by atoms with Crippen LogP contribution in [0.5, 0.6) is 0 Å². The van der Waals surface area contributed by atoms with Gasteiger partial charge in [-0.3, -0.25) is 0 Å². The Bertz CT molecular complexity index is 367. The van der Waals surface area contributed by atoms with E-state index < -0.39 is 0 Å². The van der Waals surface area contributed by atoms with Crippen LogP contribution in [0, 0.1) is 20.8 Å². The predicted octanol–water partition coefficient (Wildman–Crippen LogP) is 1.80. The molecule has 1 aliphatic heterocycles. The lowest BCUT2D eigenvalue weighted by Gasteiger charge is -2.39. The molecule has 1 aromatic rings. The molecule has 2 heteroatoms. The molecule has 0 bridgehead atoms. The van der Waals surface area contributed by atoms with Gasteiger partial charge in [-0.15, -0.1) is 0 Å². The molecule has 0 unspecified atom stereocenters. The molecule has 1 fully saturated rings. The Hall–Kier alpha value is -0.860. The van der Waals surface area contributed by atoms with Crippen LogP contribution in [0.1, 0.15) is 22.3 Å². The fraction of sp³-hybridized carbons (Fsp3) is 0.500. The Labute approximate surface area is 85.1 Å². The Morgan fingerprint density at radius 2 is 1.79 bits per heavy atom. The summed E-state index contributed by atoms with van der Waals surface area (Å²) in [5.74, 6) is 0. The van der Waals surface area contributed by atoms with E-state index in [1.165, 1.54) is 22.3 Å². The molecule has 0 aliphatic carbocycles. The maximum atomic E-state index is 6.22. The third-order valence-corrected chi connectivity index (χ3v) is 3.31. The summed E-state index contributed by atoms with van der Waals surface area (Å²) in [6, 6.07) is 4.28. The molecule has 0 amide bonds. The van der Waals surface area contributed by atoms with Gasteiger partial charge in [0.25, 0.3) is 0 Å². The molecule has 76 valence electrons. The predicted molar refractivity (Wildman–Crippen MR) is 57.3 cm³/mol. The van der Waals surface area contributed by atoms with E-state index in [4.69, 9.17) is 10.5 Å². The van der Waals surface area contributed by atoms with E-state index in [0.717, 1.165) is 0 Å². The molecule has 2 rings (SSSR count). The minimum Gasteiger partial charge on any atom is -0.377 e. The number of nitrogens with two attached hydrogens (primary N) is 1. The minimum absolute atomic E-state index is 0.234. The van der Waals surface area contributed by atoms with E-state index >= 15 is 0 Å². The van der Waals surface area contributed by atoms with Crippen LogP contribution in [0.15, 0.2) is 12.1 Å². The monoisotopic (exact) mass is 191 g/mol. The fourth-order valence-corrected chi connectivity index (χ4v) is 1.97. The number of aryl methyl sites for hydroxylation is 1. The topological polar surface area (TPSA) is 35.2 Å². The lowest BCUT2D eigenvalue weighted by atomic mass is 9.83. The molecule has 0 aromatic heterocycles. The van der Waals surface area contributed by atoms with E-state index in [1.807, 2.05) is 0 Å². The van der Waals surface area contributed by atoms with E-state index in [2.05, 4.69) is 32.9 Å². The Kier molecular flexibility index (Phi) is 2.13. The second-order valence-corrected chi connectivity index (χ2v) is 4.33. The van der Waals surface area contributed by atoms with Crippen molar-refractivity contribution in [2.24, 2.45) is 5.73 Å². The molecule has 2 N–H and O–H groups in total. The van der Waals surface area contributed by atoms with Crippen molar-refractivity contribution in [1.29, 1.82) is 0 Å². The highest BCUT2D eigenvalue weighted by molar-refractivity contribution is 5.43. The molecule has 0 saturated carbocycles. The standard InChI is InChI=1S/C12H17NO/c1-8-4-5-11(10(3)9(8)2)12(13)6-14-7-12/h4-5H,6-7,13H2,1-3H3. The van der Waals surface area contributed by atoms with E-state index in [9.17, 15) is 0 Å². The average Bonchev–Trinajstić information content (AvgIpc) is 2.11. The van der Waals surface area contributed by atoms with E-state index in [0.29, 0.717) is 13.2 Å². The van der Waals surface area contributed by atoms with Crippen LogP contribution in [0.2, 0.25) is 0 Å². The summed E-state index contributed by atoms with van der Waals surface area (Å²) in [6.45, 7) is 7.72. The number of hydrogen-bond acceptors (Lipinski definition) is 2. The van der Waals surface area contributed by atoms with Crippen molar-refractivity contribution in [2.45, 2.75) is 26.3 Å². The zero-order valence-corrected chi connectivity index (χ0v) is 9.05. The minimum atomic E-state index is -0.234. The summed E-state index contributed by atoms with van der Waals surface area (Å²) in [4.78, 5) is 0. The van der Waals surface area contributed by atoms with Crippen LogP contribution in [0.25, 0.3) is 0 Å². The van der Waals surface area contributed by atoms with Crippen molar-refractivity contribution in [1.82, 2.24) is 0 Å². The summed E-state index contributed by atoms with van der Waals surface area (Å²) < 4.78 is 5.19. The third kappa shape index (κ3) is 1.26. The van der Waals surface area contributed by atoms with Crippen molar-refractivity contribution in [3.8, 4) is 0 Å². The first kappa shape index (κ1) is 9.69. The zero-order valence-electron chi connectivity index (χ0n) is 9.05. The smallest absolute Gasteiger partial charge is 0.0886 e. The van der Waals surface area contributed by atoms with E-state index in [1.54, 1.807) is 0 Å². The number of benzene rings is 1. The van der Waals surface area contributed by atoms with Crippen molar-refractivity contribution in [3.05, 3.63) is 34.4 Å². The summed E-state index contributed by atoms with van der Waals surface area (Å²) in [5, 5.41) is 0. The van der Waals surface area contributed by atoms with Gasteiger partial charge < -0.3 is 10.5 Å². The molecule has 1 aliphatic rings. The van der Waals surface area contributed by atoms with Crippen LogP contribution in [0.4, 0.5) is 0 Å². The van der Waals surface area contributed by atoms with Crippen LogP contribution in [0.3, 0.4) is 0 Å². The highest BCUT2D eigenvalue weighted by atomic mass is 16.5. The quantitative estimate of drug-likeness (QED) is 0.734. The normalized spacial score (nSPS) is 19.1. The molecule has 1 saturated heterocycles. The summed E-state index contributed by atoms with van der Waals surface area (Å²) in [6.07, 6.45) is 0. The van der Waals surface area contributed by atoms with E-state index in [-0.39, 0.29) is 5.54 Å². The van der Waals surface area contributed by atoms with Gasteiger partial charge in [0.2, 0.25) is 0 Å². The van der Waals surface area contributed by atoms with Crippen LogP contribution >= 0.6 is 0 Å². The van der Waals surface area contributed by atoms with Crippen LogP contribution < -0.4 is 5.73 Å². The highest BCUT2D eigenvalue weighted by Gasteiger charge is 2.37. The van der Waals surface area contributed by atoms with Gasteiger partial charge in [0.15, 0.2) is 0 Å². The highest BCUT2D eigenvalue weighted by Crippen LogP contribution is 2.31. The first-order valence-electron chi connectivity index (χ1n) is 4.98. The van der Waals surface area contributed by atoms with Gasteiger partial charge in [0.1, 0.15) is 0 Å². The second kappa shape index (κ2) is 3.07. The lowest BCUT2D eigenvalue weighted by Crippen LogP contribution is -2.54. The molecule has 0 radical (unpaired) electrons. The molecule has 1 aromatic carbocycles. The SMILES string of the molecule is Cc1ccc(C2(N)COC2)c(C)c1C. The van der Waals surface area contributed by atoms with Gasteiger partial charge in [0.05, 0.1) is 18.8 Å². The van der Waals surface area contributed by atoms with Gasteiger partial charge in [0, 0.05) is 0 Å². The van der Waals surface area contributed by atoms with Gasteiger partial charge in [-0.25, -0.2) is 0 Å². The van der Waals surface area contributed by atoms with Crippen molar-refractivity contribution >= 4 is 0 Å². The summed E-state index contributed by atoms with van der Waals surface area (Å²) in [7, 11) is 0. The van der Waals surface area contributed by atoms with Gasteiger partial charge in [-0.2, -0.15) is 0 Å². The molecule has 1 heterocycles. The molecule has 14 heavy (non-hydrogen) atoms. The number of hydrogen-bond donors (Lipinski definition) is 1. The molecule has 0 spiro atoms. The summed E-state index contributed by atoms with van der Waals surface area (Å²) >= 11 is 0. The van der Waals surface area contributed by atoms with Crippen molar-refractivity contribution in [2.75, 3.05) is 13.2 Å². The Morgan fingerprint density at radius 3 is 2.29 bits per heavy atom. The van der Waals surface area contributed by atoms with Gasteiger partial charge in [-0.1, -0.05) is 12.1 Å². The maximum absolute atomic E-state index is 6.22. The molecule has 0 atom stereocenters. The zero-order chi connectivity index (χ0) is 10.3. The maximum Gasteiger partial charge on any atom is 0.0886 e. The van der Waals surface area contributed by atoms with Gasteiger partial charge >= 0.3 is 0 Å². The fourth-order valence-electron chi connectivity index (χ4n) is 1.97. The van der Waals surface area contributed by atoms with Crippen molar-refractivity contribution < 1.29 is 4.74 Å². The van der Waals surface area contributed by atoms with Crippen LogP contribution in [-0.4, -0.2) is 13.2 Å². The van der Waals surface area contributed by atoms with Gasteiger partial charge in [-0.05, 0) is 43.0 Å². The largest absolute Gasteiger partial charge is 0.377 e. The molecule has 2 nitrogen and oxygen atoms in total. The first-order valence-corrected chi connectivity index (χ1v) is 4.98. The Morgan fingerprint density at radius 1 is 1.14 bits per heavy atom. The first-order chi connectivity index (χ1) is 6.54.